The van der Waals surface area contributed by atoms with Gasteiger partial charge >= 0.3 is 12.3 Å². The summed E-state index contributed by atoms with van der Waals surface area (Å²) in [6.45, 7) is 1.000. The van der Waals surface area contributed by atoms with E-state index in [1.165, 1.54) is 18.2 Å². The van der Waals surface area contributed by atoms with E-state index in [1.54, 1.807) is 24.3 Å². The molecule has 0 bridgehead atoms. The highest BCUT2D eigenvalue weighted by atomic mass is 19.4. The molecule has 5 rings (SSSR count). The number of halogens is 3. The highest BCUT2D eigenvalue weighted by Gasteiger charge is 2.36. The molecule has 224 valence electrons. The molecule has 0 radical (unpaired) electrons. The summed E-state index contributed by atoms with van der Waals surface area (Å²) in [7, 11) is 0. The summed E-state index contributed by atoms with van der Waals surface area (Å²) in [6, 6.07) is 12.7. The predicted octanol–water partition coefficient (Wildman–Crippen LogP) is 8.16. The van der Waals surface area contributed by atoms with Crippen LogP contribution in [-0.4, -0.2) is 41.4 Å². The van der Waals surface area contributed by atoms with E-state index in [-0.39, 0.29) is 29.4 Å². The van der Waals surface area contributed by atoms with Gasteiger partial charge in [0.2, 0.25) is 0 Å². The smallest absolute Gasteiger partial charge is 0.478 e. The Morgan fingerprint density at radius 1 is 1.07 bits per heavy atom. The van der Waals surface area contributed by atoms with Crippen molar-refractivity contribution in [2.45, 2.75) is 75.9 Å². The van der Waals surface area contributed by atoms with Crippen molar-refractivity contribution < 1.29 is 41.8 Å². The highest BCUT2D eigenvalue weighted by molar-refractivity contribution is 5.88. The summed E-state index contributed by atoms with van der Waals surface area (Å²) >= 11 is 0. The molecular formula is C32H34F3NO6. The number of ether oxygens (including phenoxy) is 3. The highest BCUT2D eigenvalue weighted by Crippen LogP contribution is 2.45. The lowest BCUT2D eigenvalue weighted by molar-refractivity contribution is -0.274. The Bertz CT molecular complexity index is 1390. The normalized spacial score (nSPS) is 17.0. The fourth-order valence-corrected chi connectivity index (χ4v) is 5.36. The van der Waals surface area contributed by atoms with Gasteiger partial charge in [-0.25, -0.2) is 4.79 Å². The third-order valence-corrected chi connectivity index (χ3v) is 7.62. The van der Waals surface area contributed by atoms with Gasteiger partial charge in [0.15, 0.2) is 0 Å². The summed E-state index contributed by atoms with van der Waals surface area (Å²) in [5, 5.41) is 13.4. The third kappa shape index (κ3) is 7.80. The molecule has 42 heavy (non-hydrogen) atoms. The molecule has 2 fully saturated rings. The van der Waals surface area contributed by atoms with Gasteiger partial charge in [-0.3, -0.25) is 0 Å². The van der Waals surface area contributed by atoms with Gasteiger partial charge in [-0.2, -0.15) is 0 Å². The number of carbonyl (C=O) groups is 1. The summed E-state index contributed by atoms with van der Waals surface area (Å²) in [5.41, 5.74) is 1.78. The summed E-state index contributed by atoms with van der Waals surface area (Å²) < 4.78 is 61.2. The lowest BCUT2D eigenvalue weighted by Crippen LogP contribution is -2.33. The van der Waals surface area contributed by atoms with Crippen molar-refractivity contribution in [3.8, 4) is 17.0 Å². The minimum atomic E-state index is -4.83. The van der Waals surface area contributed by atoms with Crippen molar-refractivity contribution in [2.75, 3.05) is 13.2 Å². The molecule has 0 spiro atoms. The molecule has 10 heteroatoms. The Labute approximate surface area is 242 Å². The molecular weight excluding hydrogens is 551 g/mol. The number of hydrogen-bond donors (Lipinski definition) is 1. The standard InChI is InChI=1S/C32H34F3NO6/c33-32(34,35)41-27-11-3-2-10-25(27)28-26(29(42-36-28)23-12-13-23)21-39-18-7-19-40-31(15-4-1-5-16-31)17-14-22-8-6-9-24(20-22)30(37)38/h2-3,6,8-11,14,17,20,23H,1,4-5,7,12-13,15-16,18-19,21H2,(H,37,38)/b17-14+. The van der Waals surface area contributed by atoms with E-state index in [4.69, 9.17) is 14.0 Å². The molecule has 3 aromatic rings. The molecule has 2 saturated carbocycles. The van der Waals surface area contributed by atoms with Gasteiger partial charge in [0, 0.05) is 30.3 Å². The van der Waals surface area contributed by atoms with Crippen molar-refractivity contribution >= 4 is 12.0 Å². The topological polar surface area (TPSA) is 91.0 Å². The third-order valence-electron chi connectivity index (χ3n) is 7.62. The second-order valence-corrected chi connectivity index (χ2v) is 10.8. The van der Waals surface area contributed by atoms with Crippen molar-refractivity contribution in [1.29, 1.82) is 0 Å². The zero-order valence-electron chi connectivity index (χ0n) is 23.2. The molecule has 1 N–H and O–H groups in total. The number of nitrogens with zero attached hydrogens (tertiary/aromatic N) is 1. The monoisotopic (exact) mass is 585 g/mol. The van der Waals surface area contributed by atoms with Crippen molar-refractivity contribution in [1.82, 2.24) is 5.16 Å². The minimum absolute atomic E-state index is 0.149. The van der Waals surface area contributed by atoms with Crippen LogP contribution >= 0.6 is 0 Å². The number of aromatic carboxylic acids is 1. The second-order valence-electron chi connectivity index (χ2n) is 10.8. The van der Waals surface area contributed by atoms with Crippen molar-refractivity contribution in [2.24, 2.45) is 0 Å². The van der Waals surface area contributed by atoms with E-state index >= 15 is 0 Å². The number of benzene rings is 2. The van der Waals surface area contributed by atoms with Crippen molar-refractivity contribution in [3.63, 3.8) is 0 Å². The molecule has 0 saturated heterocycles. The quantitative estimate of drug-likeness (QED) is 0.202. The van der Waals surface area contributed by atoms with Crippen molar-refractivity contribution in [3.05, 3.63) is 77.1 Å². The summed E-state index contributed by atoms with van der Waals surface area (Å²) in [4.78, 5) is 11.3. The Balaban J connectivity index is 1.19. The zero-order valence-corrected chi connectivity index (χ0v) is 23.2. The van der Waals surface area contributed by atoms with E-state index < -0.39 is 17.9 Å². The maximum atomic E-state index is 13.0. The van der Waals surface area contributed by atoms with Crippen LogP contribution in [-0.2, 0) is 16.1 Å². The van der Waals surface area contributed by atoms with Crippen LogP contribution in [0.15, 0.2) is 59.1 Å². The largest absolute Gasteiger partial charge is 0.573 e. The Hall–Kier alpha value is -3.63. The molecule has 1 aromatic heterocycles. The molecule has 2 aliphatic rings. The first-order valence-corrected chi connectivity index (χ1v) is 14.3. The number of hydrogen-bond acceptors (Lipinski definition) is 6. The van der Waals surface area contributed by atoms with Gasteiger partial charge in [-0.05, 0) is 61.9 Å². The predicted molar refractivity (Wildman–Crippen MR) is 149 cm³/mol. The SMILES string of the molecule is O=C(O)c1cccc(/C=C/C2(OCCCOCc3c(-c4ccccc4OC(F)(F)F)noc3C3CC3)CCCCC2)c1. The molecule has 0 amide bonds. The number of carboxylic acids is 1. The van der Waals surface area contributed by atoms with E-state index in [2.05, 4.69) is 16.0 Å². The molecule has 2 aliphatic carbocycles. The molecule has 7 nitrogen and oxygen atoms in total. The maximum Gasteiger partial charge on any atom is 0.573 e. The van der Waals surface area contributed by atoms with E-state index in [0.717, 1.165) is 50.5 Å². The lowest BCUT2D eigenvalue weighted by Gasteiger charge is -2.35. The average Bonchev–Trinajstić information content (AvgIpc) is 3.73. The molecule has 0 aliphatic heterocycles. The molecule has 1 heterocycles. The van der Waals surface area contributed by atoms with Crippen LogP contribution < -0.4 is 4.74 Å². The van der Waals surface area contributed by atoms with Gasteiger partial charge in [-0.15, -0.1) is 13.2 Å². The van der Waals surface area contributed by atoms with E-state index in [0.29, 0.717) is 36.7 Å². The summed E-state index contributed by atoms with van der Waals surface area (Å²) in [6.07, 6.45) is 6.68. The zero-order chi connectivity index (χ0) is 29.6. The first-order valence-electron chi connectivity index (χ1n) is 14.3. The number of carboxylic acid groups (broad SMARTS) is 1. The fourth-order valence-electron chi connectivity index (χ4n) is 5.36. The van der Waals surface area contributed by atoms with Crippen LogP contribution in [0.2, 0.25) is 0 Å². The Morgan fingerprint density at radius 2 is 1.86 bits per heavy atom. The van der Waals surface area contributed by atoms with Gasteiger partial charge in [0.05, 0.1) is 17.8 Å². The van der Waals surface area contributed by atoms with Crippen LogP contribution in [0.1, 0.15) is 84.5 Å². The van der Waals surface area contributed by atoms with Crippen LogP contribution in [0.5, 0.6) is 5.75 Å². The van der Waals surface area contributed by atoms with Gasteiger partial charge < -0.3 is 23.8 Å². The van der Waals surface area contributed by atoms with Crippen LogP contribution in [0.4, 0.5) is 13.2 Å². The van der Waals surface area contributed by atoms with Crippen LogP contribution in [0.3, 0.4) is 0 Å². The number of alkyl halides is 3. The second kappa shape index (κ2) is 13.1. The first-order chi connectivity index (χ1) is 20.2. The first kappa shape index (κ1) is 29.8. The fraction of sp³-hybridized carbons (Fsp3) is 0.438. The van der Waals surface area contributed by atoms with E-state index in [9.17, 15) is 23.1 Å². The Kier molecular flexibility index (Phi) is 9.33. The van der Waals surface area contributed by atoms with Crippen LogP contribution in [0, 0.1) is 0 Å². The average molecular weight is 586 g/mol. The van der Waals surface area contributed by atoms with Gasteiger partial charge in [0.1, 0.15) is 17.2 Å². The number of aromatic nitrogens is 1. The molecule has 0 unspecified atom stereocenters. The Morgan fingerprint density at radius 3 is 2.60 bits per heavy atom. The van der Waals surface area contributed by atoms with Crippen LogP contribution in [0.25, 0.3) is 17.3 Å². The lowest BCUT2D eigenvalue weighted by atomic mass is 9.84. The van der Waals surface area contributed by atoms with Gasteiger partial charge in [0.25, 0.3) is 0 Å². The van der Waals surface area contributed by atoms with E-state index in [1.807, 2.05) is 12.1 Å². The summed E-state index contributed by atoms with van der Waals surface area (Å²) in [5.74, 6) is -0.453. The molecule has 2 aromatic carbocycles. The van der Waals surface area contributed by atoms with Gasteiger partial charge in [-0.1, -0.05) is 60.8 Å². The number of para-hydroxylation sites is 1. The number of rotatable bonds is 13. The molecule has 0 atom stereocenters. The maximum absolute atomic E-state index is 13.0. The minimum Gasteiger partial charge on any atom is -0.478 e.